The number of pyridine rings is 2. The Labute approximate surface area is 136 Å². The van der Waals surface area contributed by atoms with Gasteiger partial charge < -0.3 is 15.0 Å². The highest BCUT2D eigenvalue weighted by Gasteiger charge is 2.27. The van der Waals surface area contributed by atoms with Crippen LogP contribution >= 0.6 is 0 Å². The number of rotatable bonds is 3. The molecule has 0 radical (unpaired) electrons. The predicted molar refractivity (Wildman–Crippen MR) is 89.9 cm³/mol. The van der Waals surface area contributed by atoms with E-state index < -0.39 is 0 Å². The van der Waals surface area contributed by atoms with Crippen LogP contribution in [0.1, 0.15) is 25.7 Å². The molecule has 0 amide bonds. The van der Waals surface area contributed by atoms with Gasteiger partial charge in [-0.15, -0.1) is 0 Å². The van der Waals surface area contributed by atoms with Gasteiger partial charge in [0, 0.05) is 43.5 Å². The lowest BCUT2D eigenvalue weighted by Crippen LogP contribution is -2.44. The van der Waals surface area contributed by atoms with Crippen molar-refractivity contribution < 1.29 is 4.74 Å². The topological polar surface area (TPSA) is 50.3 Å². The van der Waals surface area contributed by atoms with E-state index in [1.165, 1.54) is 31.4 Å². The van der Waals surface area contributed by atoms with Crippen molar-refractivity contribution in [1.29, 1.82) is 0 Å². The minimum atomic E-state index is 0.570. The lowest BCUT2D eigenvalue weighted by molar-refractivity contribution is 0.336. The van der Waals surface area contributed by atoms with Gasteiger partial charge in [0.1, 0.15) is 0 Å². The van der Waals surface area contributed by atoms with Gasteiger partial charge in [-0.2, -0.15) is 0 Å². The lowest BCUT2D eigenvalue weighted by atomic mass is 9.98. The van der Waals surface area contributed by atoms with Gasteiger partial charge in [0.15, 0.2) is 0 Å². The largest absolute Gasteiger partial charge is 0.421 e. The highest BCUT2D eigenvalue weighted by atomic mass is 16.5. The molecule has 2 aliphatic rings. The molecule has 0 aliphatic carbocycles. The molecule has 23 heavy (non-hydrogen) atoms. The Morgan fingerprint density at radius 1 is 1.00 bits per heavy atom. The first-order valence-corrected chi connectivity index (χ1v) is 8.43. The summed E-state index contributed by atoms with van der Waals surface area (Å²) >= 11 is 0. The Balaban J connectivity index is 1.45. The SMILES string of the molecule is c1ccc(Oc2ccc(N3CCC4CCCC(C3)N4)cn2)nc1. The summed E-state index contributed by atoms with van der Waals surface area (Å²) in [7, 11) is 0. The van der Waals surface area contributed by atoms with E-state index in [2.05, 4.69) is 26.3 Å². The van der Waals surface area contributed by atoms with Crippen molar-refractivity contribution in [3.8, 4) is 11.8 Å². The van der Waals surface area contributed by atoms with Crippen molar-refractivity contribution >= 4 is 5.69 Å². The van der Waals surface area contributed by atoms with E-state index in [-0.39, 0.29) is 0 Å². The zero-order chi connectivity index (χ0) is 15.5. The molecule has 2 aromatic heterocycles. The fraction of sp³-hybridized carbons (Fsp3) is 0.444. The minimum absolute atomic E-state index is 0.570. The average Bonchev–Trinajstić information content (AvgIpc) is 2.74. The van der Waals surface area contributed by atoms with Gasteiger partial charge in [-0.25, -0.2) is 9.97 Å². The normalized spacial score (nSPS) is 24.1. The molecule has 2 saturated heterocycles. The number of hydrogen-bond donors (Lipinski definition) is 1. The van der Waals surface area contributed by atoms with Crippen LogP contribution in [-0.2, 0) is 0 Å². The molecular weight excluding hydrogens is 288 g/mol. The van der Waals surface area contributed by atoms with Gasteiger partial charge in [0.2, 0.25) is 11.8 Å². The van der Waals surface area contributed by atoms with Crippen LogP contribution in [0, 0.1) is 0 Å². The van der Waals surface area contributed by atoms with Gasteiger partial charge >= 0.3 is 0 Å². The second kappa shape index (κ2) is 6.54. The summed E-state index contributed by atoms with van der Waals surface area (Å²) in [5, 5.41) is 3.76. The van der Waals surface area contributed by atoms with Gasteiger partial charge in [-0.3, -0.25) is 0 Å². The number of aromatic nitrogens is 2. The van der Waals surface area contributed by atoms with Gasteiger partial charge in [0.25, 0.3) is 0 Å². The van der Waals surface area contributed by atoms with Crippen molar-refractivity contribution in [2.75, 3.05) is 18.0 Å². The average molecular weight is 310 g/mol. The van der Waals surface area contributed by atoms with Crippen LogP contribution in [0.4, 0.5) is 5.69 Å². The van der Waals surface area contributed by atoms with Crippen LogP contribution in [0.3, 0.4) is 0 Å². The Hall–Kier alpha value is -2.14. The van der Waals surface area contributed by atoms with Gasteiger partial charge in [-0.1, -0.05) is 12.5 Å². The van der Waals surface area contributed by atoms with Crippen molar-refractivity contribution in [2.24, 2.45) is 0 Å². The van der Waals surface area contributed by atoms with Gasteiger partial charge in [0.05, 0.1) is 11.9 Å². The molecule has 5 heteroatoms. The fourth-order valence-corrected chi connectivity index (χ4v) is 3.52. The molecule has 1 N–H and O–H groups in total. The first-order valence-electron chi connectivity index (χ1n) is 8.43. The highest BCUT2D eigenvalue weighted by Crippen LogP contribution is 2.25. The Morgan fingerprint density at radius 2 is 1.91 bits per heavy atom. The first kappa shape index (κ1) is 14.5. The number of piperidine rings is 1. The number of nitrogens with one attached hydrogen (secondary N) is 1. The molecule has 2 fully saturated rings. The monoisotopic (exact) mass is 310 g/mol. The second-order valence-corrected chi connectivity index (χ2v) is 6.35. The molecule has 0 saturated carbocycles. The zero-order valence-electron chi connectivity index (χ0n) is 13.2. The smallest absolute Gasteiger partial charge is 0.221 e. The third-order valence-electron chi connectivity index (χ3n) is 4.70. The Morgan fingerprint density at radius 3 is 2.74 bits per heavy atom. The van der Waals surface area contributed by atoms with Crippen LogP contribution in [0.5, 0.6) is 11.8 Å². The summed E-state index contributed by atoms with van der Waals surface area (Å²) < 4.78 is 5.66. The van der Waals surface area contributed by atoms with E-state index in [9.17, 15) is 0 Å². The molecule has 2 unspecified atom stereocenters. The molecular formula is C18H22N4O. The molecule has 5 nitrogen and oxygen atoms in total. The standard InChI is InChI=1S/C18H22N4O/c1-2-10-19-17(6-1)23-18-8-7-16(12-20-18)22-11-9-14-4-3-5-15(13-22)21-14/h1-2,6-8,10,12,14-15,21H,3-5,9,11,13H2. The predicted octanol–water partition coefficient (Wildman–Crippen LogP) is 2.99. The molecule has 2 bridgehead atoms. The minimum Gasteiger partial charge on any atom is -0.421 e. The van der Waals surface area contributed by atoms with E-state index in [1.807, 2.05) is 30.5 Å². The summed E-state index contributed by atoms with van der Waals surface area (Å²) in [6.45, 7) is 2.16. The van der Waals surface area contributed by atoms with Crippen LogP contribution in [0.25, 0.3) is 0 Å². The number of fused-ring (bicyclic) bond motifs is 2. The number of hydrogen-bond acceptors (Lipinski definition) is 5. The molecule has 0 aromatic carbocycles. The maximum absolute atomic E-state index is 5.66. The van der Waals surface area contributed by atoms with E-state index >= 15 is 0 Å². The van der Waals surface area contributed by atoms with E-state index in [1.54, 1.807) is 6.20 Å². The summed E-state index contributed by atoms with van der Waals surface area (Å²) in [6.07, 6.45) is 8.79. The summed E-state index contributed by atoms with van der Waals surface area (Å²) in [6, 6.07) is 10.9. The van der Waals surface area contributed by atoms with Crippen molar-refractivity contribution in [1.82, 2.24) is 15.3 Å². The zero-order valence-corrected chi connectivity index (χ0v) is 13.2. The van der Waals surface area contributed by atoms with E-state index in [0.717, 1.165) is 13.1 Å². The highest BCUT2D eigenvalue weighted by molar-refractivity contribution is 5.46. The van der Waals surface area contributed by atoms with Crippen LogP contribution < -0.4 is 15.0 Å². The fourth-order valence-electron chi connectivity index (χ4n) is 3.52. The summed E-state index contributed by atoms with van der Waals surface area (Å²) in [4.78, 5) is 11.0. The molecule has 2 atom stereocenters. The second-order valence-electron chi connectivity index (χ2n) is 6.35. The van der Waals surface area contributed by atoms with Crippen LogP contribution in [-0.4, -0.2) is 35.1 Å². The third kappa shape index (κ3) is 3.45. The molecule has 4 heterocycles. The molecule has 4 rings (SSSR count). The van der Waals surface area contributed by atoms with E-state index in [0.29, 0.717) is 23.8 Å². The number of nitrogens with zero attached hydrogens (tertiary/aromatic N) is 3. The van der Waals surface area contributed by atoms with E-state index in [4.69, 9.17) is 4.74 Å². The molecule has 120 valence electrons. The summed E-state index contributed by atoms with van der Waals surface area (Å²) in [5.41, 5.74) is 1.17. The number of anilines is 1. The quantitative estimate of drug-likeness (QED) is 0.944. The van der Waals surface area contributed by atoms with Crippen molar-refractivity contribution in [3.05, 3.63) is 42.7 Å². The third-order valence-corrected chi connectivity index (χ3v) is 4.70. The molecule has 0 spiro atoms. The Kier molecular flexibility index (Phi) is 4.11. The van der Waals surface area contributed by atoms with Crippen LogP contribution in [0.2, 0.25) is 0 Å². The van der Waals surface area contributed by atoms with Crippen molar-refractivity contribution in [2.45, 2.75) is 37.8 Å². The summed E-state index contributed by atoms with van der Waals surface area (Å²) in [5.74, 6) is 1.15. The maximum Gasteiger partial charge on any atom is 0.221 e. The van der Waals surface area contributed by atoms with Crippen molar-refractivity contribution in [3.63, 3.8) is 0 Å². The molecule has 2 aliphatic heterocycles. The van der Waals surface area contributed by atoms with Gasteiger partial charge in [-0.05, 0) is 31.4 Å². The maximum atomic E-state index is 5.66. The van der Waals surface area contributed by atoms with Crippen LogP contribution in [0.15, 0.2) is 42.7 Å². The number of ether oxygens (including phenoxy) is 1. The first-order chi connectivity index (χ1) is 11.4. The molecule has 2 aromatic rings. The Bertz CT molecular complexity index is 631. The lowest BCUT2D eigenvalue weighted by Gasteiger charge is -2.29.